The number of alkyl carbamates (subject to hydrolysis) is 1. The quantitative estimate of drug-likeness (QED) is 0.691. The minimum absolute atomic E-state index is 0.188. The third-order valence-electron chi connectivity index (χ3n) is 3.84. The van der Waals surface area contributed by atoms with E-state index in [1.165, 1.54) is 5.56 Å². The van der Waals surface area contributed by atoms with E-state index < -0.39 is 17.7 Å². The minimum Gasteiger partial charge on any atom is -0.444 e. The third-order valence-corrected chi connectivity index (χ3v) is 3.84. The van der Waals surface area contributed by atoms with Crippen molar-refractivity contribution in [3.8, 4) is 0 Å². The van der Waals surface area contributed by atoms with Crippen LogP contribution in [0, 0.1) is 0 Å². The van der Waals surface area contributed by atoms with E-state index in [0.717, 1.165) is 24.9 Å². The fourth-order valence-electron chi connectivity index (χ4n) is 2.57. The number of ether oxygens (including phenoxy) is 1. The van der Waals surface area contributed by atoms with Gasteiger partial charge in [-0.05, 0) is 52.4 Å². The summed E-state index contributed by atoms with van der Waals surface area (Å²) >= 11 is 0. The third kappa shape index (κ3) is 9.99. The predicted molar refractivity (Wildman–Crippen MR) is 108 cm³/mol. The second-order valence-electron chi connectivity index (χ2n) is 8.11. The number of carbonyl (C=O) groups is 2. The molecular formula is C21H35N3O3. The summed E-state index contributed by atoms with van der Waals surface area (Å²) in [6, 6.07) is 7.57. The molecule has 1 rings (SSSR count). The first-order valence-electron chi connectivity index (χ1n) is 9.60. The van der Waals surface area contributed by atoms with Crippen LogP contribution >= 0.6 is 0 Å². The highest BCUT2D eigenvalue weighted by molar-refractivity contribution is 5.85. The van der Waals surface area contributed by atoms with Crippen molar-refractivity contribution < 1.29 is 14.3 Å². The molecule has 0 bridgehead atoms. The topological polar surface area (TPSA) is 70.7 Å². The number of carbonyl (C=O) groups excluding carboxylic acids is 2. The molecule has 0 spiro atoms. The molecule has 1 aromatic carbocycles. The molecule has 0 fully saturated rings. The molecule has 0 aliphatic rings. The predicted octanol–water partition coefficient (Wildman–Crippen LogP) is 3.45. The molecule has 0 aliphatic heterocycles. The summed E-state index contributed by atoms with van der Waals surface area (Å²) in [6.45, 7) is 8.76. The Morgan fingerprint density at radius 1 is 1.11 bits per heavy atom. The molecule has 0 unspecified atom stereocenters. The van der Waals surface area contributed by atoms with E-state index >= 15 is 0 Å². The molecule has 0 heterocycles. The van der Waals surface area contributed by atoms with Gasteiger partial charge in [0.1, 0.15) is 11.6 Å². The normalized spacial score (nSPS) is 12.6. The van der Waals surface area contributed by atoms with Crippen molar-refractivity contribution in [3.05, 3.63) is 35.4 Å². The monoisotopic (exact) mass is 377 g/mol. The Kier molecular flexibility index (Phi) is 9.29. The van der Waals surface area contributed by atoms with Gasteiger partial charge in [0.05, 0.1) is 0 Å². The first kappa shape index (κ1) is 23.0. The zero-order valence-electron chi connectivity index (χ0n) is 17.6. The van der Waals surface area contributed by atoms with E-state index in [1.807, 2.05) is 26.2 Å². The summed E-state index contributed by atoms with van der Waals surface area (Å²) in [6.07, 6.45) is 1.83. The Morgan fingerprint density at radius 2 is 1.70 bits per heavy atom. The van der Waals surface area contributed by atoms with Crippen molar-refractivity contribution in [1.82, 2.24) is 15.5 Å². The largest absolute Gasteiger partial charge is 0.444 e. The highest BCUT2D eigenvalue weighted by atomic mass is 16.6. The molecule has 6 heteroatoms. The highest BCUT2D eigenvalue weighted by Crippen LogP contribution is 2.09. The van der Waals surface area contributed by atoms with Gasteiger partial charge in [-0.1, -0.05) is 44.0 Å². The minimum atomic E-state index is -0.593. The van der Waals surface area contributed by atoms with Gasteiger partial charge in [-0.3, -0.25) is 4.79 Å². The van der Waals surface area contributed by atoms with Crippen LogP contribution < -0.4 is 10.6 Å². The van der Waals surface area contributed by atoms with E-state index in [-0.39, 0.29) is 5.91 Å². The Balaban J connectivity index is 2.61. The molecule has 0 aromatic heterocycles. The Hall–Kier alpha value is -2.08. The Labute approximate surface area is 163 Å². The molecule has 0 saturated heterocycles. The SMILES string of the molecule is CCCC[C@H](NC(=O)OC(C)(C)C)C(=O)NCc1ccc(CN(C)C)cc1. The summed E-state index contributed by atoms with van der Waals surface area (Å²) in [4.78, 5) is 26.7. The summed E-state index contributed by atoms with van der Waals surface area (Å²) in [7, 11) is 4.06. The van der Waals surface area contributed by atoms with Gasteiger partial charge in [0.2, 0.25) is 5.91 Å². The van der Waals surface area contributed by atoms with Crippen LogP contribution in [0.3, 0.4) is 0 Å². The van der Waals surface area contributed by atoms with Crippen LogP contribution in [-0.4, -0.2) is 42.6 Å². The number of nitrogens with one attached hydrogen (secondary N) is 2. The number of benzene rings is 1. The maximum absolute atomic E-state index is 12.5. The number of nitrogens with zero attached hydrogens (tertiary/aromatic N) is 1. The first-order chi connectivity index (χ1) is 12.6. The fourth-order valence-corrected chi connectivity index (χ4v) is 2.57. The first-order valence-corrected chi connectivity index (χ1v) is 9.60. The molecule has 6 nitrogen and oxygen atoms in total. The van der Waals surface area contributed by atoms with Gasteiger partial charge in [0, 0.05) is 13.1 Å². The fraction of sp³-hybridized carbons (Fsp3) is 0.619. The van der Waals surface area contributed by atoms with Gasteiger partial charge in [0.25, 0.3) is 0 Å². The van der Waals surface area contributed by atoms with E-state index in [4.69, 9.17) is 4.74 Å². The van der Waals surface area contributed by atoms with Crippen LogP contribution in [0.4, 0.5) is 4.79 Å². The molecule has 1 aromatic rings. The van der Waals surface area contributed by atoms with E-state index in [2.05, 4.69) is 34.6 Å². The van der Waals surface area contributed by atoms with Crippen molar-refractivity contribution in [3.63, 3.8) is 0 Å². The maximum Gasteiger partial charge on any atom is 0.408 e. The lowest BCUT2D eigenvalue weighted by Gasteiger charge is -2.23. The van der Waals surface area contributed by atoms with Crippen LogP contribution in [-0.2, 0) is 22.6 Å². The summed E-state index contributed by atoms with van der Waals surface area (Å²) in [5.41, 5.74) is 1.66. The van der Waals surface area contributed by atoms with E-state index in [0.29, 0.717) is 13.0 Å². The molecule has 0 radical (unpaired) electrons. The zero-order chi connectivity index (χ0) is 20.4. The maximum atomic E-state index is 12.5. The molecule has 2 N–H and O–H groups in total. The molecule has 2 amide bonds. The van der Waals surface area contributed by atoms with Gasteiger partial charge < -0.3 is 20.3 Å². The molecule has 1 atom stereocenters. The zero-order valence-corrected chi connectivity index (χ0v) is 17.6. The van der Waals surface area contributed by atoms with Gasteiger partial charge in [0.15, 0.2) is 0 Å². The Morgan fingerprint density at radius 3 is 2.22 bits per heavy atom. The van der Waals surface area contributed by atoms with Crippen LogP contribution in [0.15, 0.2) is 24.3 Å². The van der Waals surface area contributed by atoms with E-state index in [1.54, 1.807) is 20.8 Å². The molecule has 27 heavy (non-hydrogen) atoms. The second kappa shape index (κ2) is 10.9. The Bertz CT molecular complexity index is 592. The van der Waals surface area contributed by atoms with Gasteiger partial charge in [-0.15, -0.1) is 0 Å². The number of amides is 2. The van der Waals surface area contributed by atoms with Crippen molar-refractivity contribution >= 4 is 12.0 Å². The average molecular weight is 378 g/mol. The van der Waals surface area contributed by atoms with Crippen molar-refractivity contribution in [1.29, 1.82) is 0 Å². The average Bonchev–Trinajstić information content (AvgIpc) is 2.55. The van der Waals surface area contributed by atoms with E-state index in [9.17, 15) is 9.59 Å². The lowest BCUT2D eigenvalue weighted by molar-refractivity contribution is -0.123. The highest BCUT2D eigenvalue weighted by Gasteiger charge is 2.23. The number of hydrogen-bond acceptors (Lipinski definition) is 4. The summed E-state index contributed by atoms with van der Waals surface area (Å²) in [5, 5.41) is 5.61. The van der Waals surface area contributed by atoms with Crippen LogP contribution in [0.2, 0.25) is 0 Å². The summed E-state index contributed by atoms with van der Waals surface area (Å²) < 4.78 is 5.27. The molecule has 0 saturated carbocycles. The van der Waals surface area contributed by atoms with Crippen LogP contribution in [0.25, 0.3) is 0 Å². The lowest BCUT2D eigenvalue weighted by Crippen LogP contribution is -2.48. The van der Waals surface area contributed by atoms with Crippen LogP contribution in [0.1, 0.15) is 58.1 Å². The molecular weight excluding hydrogens is 342 g/mol. The molecule has 152 valence electrons. The molecule has 0 aliphatic carbocycles. The van der Waals surface area contributed by atoms with Crippen molar-refractivity contribution in [2.75, 3.05) is 14.1 Å². The van der Waals surface area contributed by atoms with Gasteiger partial charge >= 0.3 is 6.09 Å². The van der Waals surface area contributed by atoms with Crippen molar-refractivity contribution in [2.45, 2.75) is 71.7 Å². The lowest BCUT2D eigenvalue weighted by atomic mass is 10.1. The van der Waals surface area contributed by atoms with Gasteiger partial charge in [-0.25, -0.2) is 4.79 Å². The van der Waals surface area contributed by atoms with Crippen molar-refractivity contribution in [2.24, 2.45) is 0 Å². The number of rotatable bonds is 9. The smallest absolute Gasteiger partial charge is 0.408 e. The second-order valence-corrected chi connectivity index (χ2v) is 8.11. The number of unbranched alkanes of at least 4 members (excludes halogenated alkanes) is 1. The standard InChI is InChI=1S/C21H35N3O3/c1-7-8-9-18(23-20(26)27-21(2,3)4)19(25)22-14-16-10-12-17(13-11-16)15-24(5)6/h10-13,18H,7-9,14-15H2,1-6H3,(H,22,25)(H,23,26)/t18-/m0/s1. The summed E-state index contributed by atoms with van der Waals surface area (Å²) in [5.74, 6) is -0.188. The number of hydrogen-bond donors (Lipinski definition) is 2. The van der Waals surface area contributed by atoms with Gasteiger partial charge in [-0.2, -0.15) is 0 Å². The van der Waals surface area contributed by atoms with Crippen LogP contribution in [0.5, 0.6) is 0 Å².